The third-order valence-electron chi connectivity index (χ3n) is 2.33. The van der Waals surface area contributed by atoms with E-state index in [1.54, 1.807) is 20.0 Å². The largest absolute Gasteiger partial charge is 0.478 e. The second-order valence-electron chi connectivity index (χ2n) is 3.62. The Morgan fingerprint density at radius 3 is 2.71 bits per heavy atom. The second-order valence-corrected chi connectivity index (χ2v) is 3.62. The van der Waals surface area contributed by atoms with Crippen LogP contribution in [-0.2, 0) is 0 Å². The number of carboxylic acids is 1. The maximum atomic E-state index is 10.9. The van der Waals surface area contributed by atoms with Gasteiger partial charge in [-0.05, 0) is 13.8 Å². The lowest BCUT2D eigenvalue weighted by Gasteiger charge is -2.01. The molecule has 0 unspecified atom stereocenters. The maximum Gasteiger partial charge on any atom is 0.339 e. The zero-order chi connectivity index (χ0) is 12.6. The van der Waals surface area contributed by atoms with Gasteiger partial charge in [0.1, 0.15) is 11.4 Å². The quantitative estimate of drug-likeness (QED) is 0.784. The number of aromatic carboxylic acids is 1. The number of hydrogen-bond donors (Lipinski definition) is 2. The van der Waals surface area contributed by atoms with Gasteiger partial charge in [0.25, 0.3) is 5.95 Å². The number of nitrogen functional groups attached to an aromatic ring is 1. The van der Waals surface area contributed by atoms with E-state index in [4.69, 9.17) is 10.8 Å². The van der Waals surface area contributed by atoms with Gasteiger partial charge in [0.15, 0.2) is 0 Å². The topological polar surface area (TPSA) is 107 Å². The van der Waals surface area contributed by atoms with Crippen LogP contribution in [-0.4, -0.2) is 30.8 Å². The summed E-state index contributed by atoms with van der Waals surface area (Å²) in [5.41, 5.74) is 6.94. The molecule has 0 radical (unpaired) electrons. The molecule has 0 bridgehead atoms. The van der Waals surface area contributed by atoms with Crippen LogP contribution in [0.2, 0.25) is 0 Å². The van der Waals surface area contributed by atoms with Crippen molar-refractivity contribution in [3.63, 3.8) is 0 Å². The van der Waals surface area contributed by atoms with Gasteiger partial charge in [-0.15, -0.1) is 0 Å². The number of carbonyl (C=O) groups is 1. The van der Waals surface area contributed by atoms with Crippen LogP contribution < -0.4 is 5.73 Å². The third-order valence-corrected chi connectivity index (χ3v) is 2.33. The van der Waals surface area contributed by atoms with Gasteiger partial charge in [0, 0.05) is 18.0 Å². The van der Waals surface area contributed by atoms with Crippen molar-refractivity contribution in [2.75, 3.05) is 5.73 Å². The van der Waals surface area contributed by atoms with Crippen molar-refractivity contribution < 1.29 is 9.90 Å². The Morgan fingerprint density at radius 2 is 2.18 bits per heavy atom. The number of hydrogen-bond acceptors (Lipinski definition) is 5. The molecule has 2 heterocycles. The van der Waals surface area contributed by atoms with Crippen LogP contribution in [0.1, 0.15) is 21.6 Å². The molecule has 0 aliphatic rings. The summed E-state index contributed by atoms with van der Waals surface area (Å²) in [4.78, 5) is 18.9. The summed E-state index contributed by atoms with van der Waals surface area (Å²) in [6, 6.07) is 0. The highest BCUT2D eigenvalue weighted by Crippen LogP contribution is 2.11. The molecule has 0 spiro atoms. The van der Waals surface area contributed by atoms with E-state index in [1.165, 1.54) is 10.9 Å². The van der Waals surface area contributed by atoms with Gasteiger partial charge < -0.3 is 10.8 Å². The smallest absolute Gasteiger partial charge is 0.339 e. The van der Waals surface area contributed by atoms with Crippen molar-refractivity contribution in [1.29, 1.82) is 0 Å². The first-order valence-corrected chi connectivity index (χ1v) is 4.88. The summed E-state index contributed by atoms with van der Waals surface area (Å²) in [5.74, 6) is -0.433. The summed E-state index contributed by atoms with van der Waals surface area (Å²) in [5, 5.41) is 12.9. The molecule has 2 rings (SSSR count). The Balaban J connectivity index is 2.50. The second kappa shape index (κ2) is 3.85. The Bertz CT molecular complexity index is 590. The zero-order valence-corrected chi connectivity index (χ0v) is 9.38. The summed E-state index contributed by atoms with van der Waals surface area (Å²) in [6.45, 7) is 3.40. The van der Waals surface area contributed by atoms with Crippen molar-refractivity contribution in [1.82, 2.24) is 19.7 Å². The lowest BCUT2D eigenvalue weighted by Crippen LogP contribution is -2.05. The number of carboxylic acid groups (broad SMARTS) is 1. The van der Waals surface area contributed by atoms with E-state index in [1.807, 2.05) is 0 Å². The molecule has 2 aromatic rings. The average Bonchev–Trinajstić information content (AvgIpc) is 2.64. The first-order chi connectivity index (χ1) is 7.99. The van der Waals surface area contributed by atoms with Crippen LogP contribution in [0.4, 0.5) is 5.82 Å². The third kappa shape index (κ3) is 1.94. The molecule has 0 aliphatic carbocycles. The summed E-state index contributed by atoms with van der Waals surface area (Å²) >= 11 is 0. The summed E-state index contributed by atoms with van der Waals surface area (Å²) in [7, 11) is 0. The molecule has 7 nitrogen and oxygen atoms in total. The lowest BCUT2D eigenvalue weighted by molar-refractivity contribution is 0.0696. The van der Waals surface area contributed by atoms with Crippen LogP contribution in [0.15, 0.2) is 12.4 Å². The predicted octanol–water partition coefficient (Wildman–Crippen LogP) is 0.560. The van der Waals surface area contributed by atoms with Gasteiger partial charge in [0.05, 0.1) is 5.69 Å². The van der Waals surface area contributed by atoms with Crippen LogP contribution in [0, 0.1) is 13.8 Å². The van der Waals surface area contributed by atoms with E-state index in [2.05, 4.69) is 15.1 Å². The summed E-state index contributed by atoms with van der Waals surface area (Å²) < 4.78 is 1.30. The molecule has 17 heavy (non-hydrogen) atoms. The van der Waals surface area contributed by atoms with E-state index in [-0.39, 0.29) is 11.5 Å². The van der Waals surface area contributed by atoms with E-state index in [0.29, 0.717) is 11.5 Å². The van der Waals surface area contributed by atoms with E-state index in [9.17, 15) is 4.79 Å². The van der Waals surface area contributed by atoms with Gasteiger partial charge in [0.2, 0.25) is 0 Å². The highest BCUT2D eigenvalue weighted by Gasteiger charge is 2.14. The standard InChI is InChI=1S/C10H11N5O2/c1-5-3-12-10(13-8(5)11)15-4-7(9(16)17)6(2)14-15/h3-4H,1-2H3,(H,16,17)(H2,11,12,13). The summed E-state index contributed by atoms with van der Waals surface area (Å²) in [6.07, 6.45) is 2.93. The number of rotatable bonds is 2. The van der Waals surface area contributed by atoms with E-state index >= 15 is 0 Å². The van der Waals surface area contributed by atoms with Crippen molar-refractivity contribution in [3.05, 3.63) is 29.2 Å². The van der Waals surface area contributed by atoms with Crippen molar-refractivity contribution in [2.24, 2.45) is 0 Å². The van der Waals surface area contributed by atoms with Crippen LogP contribution in [0.5, 0.6) is 0 Å². The van der Waals surface area contributed by atoms with Crippen molar-refractivity contribution >= 4 is 11.8 Å². The fourth-order valence-electron chi connectivity index (χ4n) is 1.33. The molecular weight excluding hydrogens is 222 g/mol. The van der Waals surface area contributed by atoms with E-state index < -0.39 is 5.97 Å². The molecule has 0 atom stereocenters. The number of nitrogens with zero attached hydrogens (tertiary/aromatic N) is 4. The molecule has 3 N–H and O–H groups in total. The molecular formula is C10H11N5O2. The molecule has 7 heteroatoms. The molecule has 0 amide bonds. The first kappa shape index (κ1) is 11.1. The zero-order valence-electron chi connectivity index (χ0n) is 9.38. The van der Waals surface area contributed by atoms with Crippen LogP contribution in [0.25, 0.3) is 5.95 Å². The highest BCUT2D eigenvalue weighted by molar-refractivity contribution is 5.88. The fourth-order valence-corrected chi connectivity index (χ4v) is 1.33. The van der Waals surface area contributed by atoms with Crippen molar-refractivity contribution in [3.8, 4) is 5.95 Å². The fraction of sp³-hybridized carbons (Fsp3) is 0.200. The minimum Gasteiger partial charge on any atom is -0.478 e. The predicted molar refractivity (Wildman–Crippen MR) is 60.0 cm³/mol. The Hall–Kier alpha value is -2.44. The number of nitrogens with two attached hydrogens (primary N) is 1. The van der Waals surface area contributed by atoms with Gasteiger partial charge in [-0.1, -0.05) is 0 Å². The Morgan fingerprint density at radius 1 is 1.47 bits per heavy atom. The molecule has 88 valence electrons. The molecule has 0 fully saturated rings. The highest BCUT2D eigenvalue weighted by atomic mass is 16.4. The molecule has 2 aromatic heterocycles. The van der Waals surface area contributed by atoms with Gasteiger partial charge in [-0.2, -0.15) is 10.1 Å². The molecule has 0 saturated heterocycles. The molecule has 0 aliphatic heterocycles. The maximum absolute atomic E-state index is 10.9. The van der Waals surface area contributed by atoms with Crippen molar-refractivity contribution in [2.45, 2.75) is 13.8 Å². The monoisotopic (exact) mass is 233 g/mol. The number of aromatic nitrogens is 4. The molecule has 0 aromatic carbocycles. The van der Waals surface area contributed by atoms with Gasteiger partial charge in [-0.3, -0.25) is 0 Å². The SMILES string of the molecule is Cc1cnc(-n2cc(C(=O)O)c(C)n2)nc1N. The van der Waals surface area contributed by atoms with Gasteiger partial charge in [-0.25, -0.2) is 14.5 Å². The first-order valence-electron chi connectivity index (χ1n) is 4.88. The Kier molecular flexibility index (Phi) is 2.51. The number of anilines is 1. The van der Waals surface area contributed by atoms with Crippen LogP contribution >= 0.6 is 0 Å². The lowest BCUT2D eigenvalue weighted by atomic mass is 10.3. The average molecular weight is 233 g/mol. The normalized spacial score (nSPS) is 10.5. The Labute approximate surface area is 96.9 Å². The number of aryl methyl sites for hydroxylation is 2. The van der Waals surface area contributed by atoms with E-state index in [0.717, 1.165) is 5.56 Å². The minimum absolute atomic E-state index is 0.118. The van der Waals surface area contributed by atoms with Gasteiger partial charge >= 0.3 is 5.97 Å². The minimum atomic E-state index is -1.03. The molecule has 0 saturated carbocycles. The van der Waals surface area contributed by atoms with Crippen LogP contribution in [0.3, 0.4) is 0 Å².